The summed E-state index contributed by atoms with van der Waals surface area (Å²) in [5, 5.41) is 0. The predicted octanol–water partition coefficient (Wildman–Crippen LogP) is 23.1. The van der Waals surface area contributed by atoms with Gasteiger partial charge in [-0.2, -0.15) is 0 Å². The lowest BCUT2D eigenvalue weighted by Crippen LogP contribution is -2.02. The van der Waals surface area contributed by atoms with Crippen LogP contribution in [-0.2, 0) is 0 Å². The van der Waals surface area contributed by atoms with E-state index >= 15 is 0 Å². The molecule has 0 amide bonds. The van der Waals surface area contributed by atoms with Gasteiger partial charge in [0.15, 0.2) is 46.6 Å². The molecule has 0 aliphatic carbocycles. The molecule has 0 aliphatic rings. The highest BCUT2D eigenvalue weighted by Gasteiger charge is 2.24. The van der Waals surface area contributed by atoms with Crippen molar-refractivity contribution in [2.75, 3.05) is 0 Å². The Hall–Kier alpha value is -17.0. The first-order valence-corrected chi connectivity index (χ1v) is 41.1. The van der Waals surface area contributed by atoms with Crippen molar-refractivity contribution in [2.45, 2.75) is 41.5 Å². The smallest absolute Gasteiger partial charge is 0.164 e. The quantitative estimate of drug-likeness (QED) is 0.0773. The Morgan fingerprint density at radius 2 is 0.270 bits per heavy atom. The fourth-order valence-electron chi connectivity index (χ4n) is 15.1. The normalized spacial score (nSPS) is 11.1. The monoisotopic (exact) mass is 1630 g/mol. The molecule has 0 saturated carbocycles. The average molecular weight is 1630 g/mol. The lowest BCUT2D eigenvalue weighted by atomic mass is 9.98. The van der Waals surface area contributed by atoms with Crippen LogP contribution in [0.4, 0.5) is 0 Å². The van der Waals surface area contributed by atoms with E-state index in [1.54, 1.807) is 61.7 Å². The van der Waals surface area contributed by atoms with Crippen LogP contribution in [0, 0.1) is 41.5 Å². The number of hydrogen-bond acceptors (Lipinski definition) is 20. The molecule has 0 spiro atoms. The van der Waals surface area contributed by atoms with E-state index in [1.807, 2.05) is 242 Å². The van der Waals surface area contributed by atoms with E-state index in [9.17, 15) is 0 Å². The Balaban J connectivity index is 0.000000165. The van der Waals surface area contributed by atoms with Crippen molar-refractivity contribution in [2.24, 2.45) is 0 Å². The van der Waals surface area contributed by atoms with E-state index in [4.69, 9.17) is 79.7 Å². The summed E-state index contributed by atoms with van der Waals surface area (Å²) in [5.74, 6) is 3.87. The van der Waals surface area contributed by atoms with Gasteiger partial charge < -0.3 is 0 Å². The highest BCUT2D eigenvalue weighted by Crippen LogP contribution is 2.41. The van der Waals surface area contributed by atoms with Crippen LogP contribution >= 0.6 is 0 Å². The molecule has 0 fully saturated rings. The Kier molecular flexibility index (Phi) is 22.1. The molecule has 600 valence electrons. The Morgan fingerprint density at radius 3 is 0.444 bits per heavy atom. The van der Waals surface area contributed by atoms with Gasteiger partial charge in [0.05, 0.1) is 56.9 Å². The van der Waals surface area contributed by atoms with Crippen molar-refractivity contribution in [1.29, 1.82) is 0 Å². The maximum absolute atomic E-state index is 5.36. The van der Waals surface area contributed by atoms with Gasteiger partial charge in [-0.15, -0.1) is 0 Å². The van der Waals surface area contributed by atoms with Crippen LogP contribution in [0.3, 0.4) is 0 Å². The predicted molar refractivity (Wildman–Crippen MR) is 495 cm³/mol. The number of hydrogen-bond donors (Lipinski definition) is 0. The molecule has 0 saturated heterocycles. The Labute approximate surface area is 727 Å². The van der Waals surface area contributed by atoms with Crippen molar-refractivity contribution in [3.05, 3.63) is 387 Å². The van der Waals surface area contributed by atoms with Crippen LogP contribution in [-0.4, -0.2) is 99.7 Å². The first-order chi connectivity index (χ1) is 61.8. The number of nitrogens with zero attached hydrogens (tertiary/aromatic N) is 20. The molecule has 20 nitrogen and oxygen atoms in total. The zero-order valence-corrected chi connectivity index (χ0v) is 69.4. The van der Waals surface area contributed by atoms with Crippen molar-refractivity contribution < 1.29 is 0 Å². The zero-order chi connectivity index (χ0) is 85.4. The summed E-state index contributed by atoms with van der Waals surface area (Å²) >= 11 is 0. The second-order valence-electron chi connectivity index (χ2n) is 30.4. The number of rotatable bonds is 18. The lowest BCUT2D eigenvalue weighted by Gasteiger charge is -2.15. The van der Waals surface area contributed by atoms with Crippen LogP contribution in [0.1, 0.15) is 34.2 Å². The van der Waals surface area contributed by atoms with E-state index in [2.05, 4.69) is 111 Å². The fourth-order valence-corrected chi connectivity index (χ4v) is 15.1. The minimum absolute atomic E-state index is 0.426. The van der Waals surface area contributed by atoms with Gasteiger partial charge in [-0.25, -0.2) is 49.8 Å². The summed E-state index contributed by atoms with van der Waals surface area (Å²) in [7, 11) is 0. The standard InChI is InChI=1S/C57H45N9.C49H31N11/c1-34-13-7-19-49(58-34)40-25-41(50-20-8-14-35(2)59-50)29-46(28-40)55-64-56(47-30-42(51-21-9-15-36(3)60-51)26-43(31-47)52-22-10-16-37(4)61-52)66-57(65-55)48-32-44(53-23-11-17-38(5)62-53)27-45(33-48)54-24-12-18-39(6)63-54;1-5-15-50-41(11-1)32-23-33(42-12-2-6-16-51-42)26-38(25-32)47-58-48(39-27-34(43-13-3-7-17-52-43)24-35(28-39)44-14-4-8-18-53-44)60-49(59-47)40-30-36(45-54-19-9-20-55-45)29-37(31-40)46-56-21-10-22-57-46/h7-33H,1-6H3;1-31H. The third-order valence-electron chi connectivity index (χ3n) is 21.0. The number of aromatic nitrogens is 20. The zero-order valence-electron chi connectivity index (χ0n) is 69.4. The van der Waals surface area contributed by atoms with Crippen LogP contribution in [0.15, 0.2) is 353 Å². The first kappa shape index (κ1) is 78.8. The van der Waals surface area contributed by atoms with Crippen LogP contribution in [0.5, 0.6) is 0 Å². The van der Waals surface area contributed by atoms with Crippen molar-refractivity contribution in [1.82, 2.24) is 99.7 Å². The van der Waals surface area contributed by atoms with Gasteiger partial charge in [0.25, 0.3) is 0 Å². The maximum Gasteiger partial charge on any atom is 0.164 e. The van der Waals surface area contributed by atoms with Gasteiger partial charge in [0.2, 0.25) is 0 Å². The molecule has 20 aromatic rings. The molecule has 0 bridgehead atoms. The van der Waals surface area contributed by atoms with Gasteiger partial charge in [0, 0.05) is 184 Å². The van der Waals surface area contributed by atoms with Crippen LogP contribution in [0.2, 0.25) is 0 Å². The van der Waals surface area contributed by atoms with Gasteiger partial charge in [-0.3, -0.25) is 49.8 Å². The highest BCUT2D eigenvalue weighted by atomic mass is 15.0. The molecular weight excluding hydrogens is 1550 g/mol. The molecule has 0 radical (unpaired) electrons. The number of pyridine rings is 10. The molecule has 14 heterocycles. The minimum Gasteiger partial charge on any atom is -0.256 e. The third kappa shape index (κ3) is 17.9. The summed E-state index contributed by atoms with van der Waals surface area (Å²) in [5.41, 5.74) is 28.8. The van der Waals surface area contributed by atoms with Gasteiger partial charge in [-0.1, -0.05) is 60.7 Å². The minimum atomic E-state index is 0.426. The van der Waals surface area contributed by atoms with Gasteiger partial charge >= 0.3 is 0 Å². The first-order valence-electron chi connectivity index (χ1n) is 41.1. The molecule has 0 N–H and O–H groups in total. The molecule has 6 aromatic carbocycles. The Morgan fingerprint density at radius 1 is 0.119 bits per heavy atom. The van der Waals surface area contributed by atoms with E-state index < -0.39 is 0 Å². The maximum atomic E-state index is 5.36. The molecule has 126 heavy (non-hydrogen) atoms. The second kappa shape index (κ2) is 35.4. The van der Waals surface area contributed by atoms with Gasteiger partial charge in [-0.05, 0) is 284 Å². The van der Waals surface area contributed by atoms with Crippen LogP contribution < -0.4 is 0 Å². The largest absolute Gasteiger partial charge is 0.256 e. The number of aryl methyl sites for hydroxylation is 6. The molecule has 14 aromatic heterocycles. The highest BCUT2D eigenvalue weighted by molar-refractivity contribution is 5.86. The van der Waals surface area contributed by atoms with Crippen molar-refractivity contribution in [3.63, 3.8) is 0 Å². The van der Waals surface area contributed by atoms with E-state index in [1.165, 1.54) is 0 Å². The fraction of sp³-hybridized carbons (Fsp3) is 0.0566. The summed E-state index contributed by atoms with van der Waals surface area (Å²) in [4.78, 5) is 98.5. The van der Waals surface area contributed by atoms with E-state index in [-0.39, 0.29) is 0 Å². The topological polar surface area (TPSA) is 258 Å². The molecular formula is C106H76N20. The van der Waals surface area contributed by atoms with Crippen molar-refractivity contribution in [3.8, 4) is 204 Å². The third-order valence-corrected chi connectivity index (χ3v) is 21.0. The van der Waals surface area contributed by atoms with E-state index in [0.29, 0.717) is 52.2 Å². The lowest BCUT2D eigenvalue weighted by molar-refractivity contribution is 1.07. The summed E-state index contributed by atoms with van der Waals surface area (Å²) < 4.78 is 0. The molecule has 20 heteroatoms. The van der Waals surface area contributed by atoms with Gasteiger partial charge in [0.1, 0.15) is 0 Å². The van der Waals surface area contributed by atoms with Crippen LogP contribution in [0.25, 0.3) is 204 Å². The van der Waals surface area contributed by atoms with Crippen molar-refractivity contribution >= 4 is 0 Å². The summed E-state index contributed by atoms with van der Waals surface area (Å²) in [6.45, 7) is 12.0. The second-order valence-corrected chi connectivity index (χ2v) is 30.4. The van der Waals surface area contributed by atoms with E-state index in [0.717, 1.165) is 186 Å². The average Bonchev–Trinajstić information content (AvgIpc) is 0.766. The molecule has 0 atom stereocenters. The molecule has 20 rings (SSSR count). The molecule has 0 unspecified atom stereocenters. The summed E-state index contributed by atoms with van der Waals surface area (Å²) in [6, 6.07) is 101. The number of benzene rings is 6. The molecule has 0 aliphatic heterocycles. The SMILES string of the molecule is Cc1cccc(-c2cc(-c3cccc(C)n3)cc(-c3nc(-c4cc(-c5cccc(C)n5)cc(-c5cccc(C)n5)c4)nc(-c4cc(-c5cccc(C)n5)cc(-c5cccc(C)n5)c4)n3)c2)n1.c1ccc(-c2cc(-c3ccccn3)cc(-c3nc(-c4cc(-c5ccccn5)cc(-c5ccccn5)c4)nc(-c4cc(-c5ncccn5)cc(-c5ncccn5)c4)n3)c2)nc1. The Bertz CT molecular complexity index is 6330. The summed E-state index contributed by atoms with van der Waals surface area (Å²) in [6.07, 6.45) is 14.0.